The van der Waals surface area contributed by atoms with Gasteiger partial charge in [-0.1, -0.05) is 122 Å². The van der Waals surface area contributed by atoms with Crippen molar-refractivity contribution >= 4 is 40.5 Å². The molecule has 0 aromatic heterocycles. The summed E-state index contributed by atoms with van der Waals surface area (Å²) in [5.74, 6) is -0.426. The first-order chi connectivity index (χ1) is 52.0. The molecule has 0 unspecified atom stereocenters. The van der Waals surface area contributed by atoms with Crippen LogP contribution in [-0.4, -0.2) is 244 Å². The molecule has 628 valence electrons. The van der Waals surface area contributed by atoms with Gasteiger partial charge in [0.2, 0.25) is 0 Å². The number of hydrogen-bond donors (Lipinski definition) is 5. The zero-order valence-electron chi connectivity index (χ0n) is 67.7. The summed E-state index contributed by atoms with van der Waals surface area (Å²) < 4.78 is 210. The number of benzene rings is 4. The molecule has 4 aromatic carbocycles. The van der Waals surface area contributed by atoms with E-state index in [-0.39, 0.29) is 174 Å². The van der Waals surface area contributed by atoms with Gasteiger partial charge >= 0.3 is 88.7 Å². The molecule has 4 aliphatic heterocycles. The third-order valence-corrected chi connectivity index (χ3v) is 23.0. The Morgan fingerprint density at radius 3 is 1.00 bits per heavy atom. The summed E-state index contributed by atoms with van der Waals surface area (Å²) in [5, 5.41) is 46.9. The molecule has 20 atom stereocenters. The van der Waals surface area contributed by atoms with Gasteiger partial charge in [-0.2, -0.15) is 8.42 Å². The maximum Gasteiger partial charge on any atom is 1.00 e. The molecule has 0 amide bonds. The Kier molecular flexibility index (Phi) is 51.2. The Morgan fingerprint density at radius 2 is 0.681 bits per heavy atom. The van der Waals surface area contributed by atoms with Crippen molar-refractivity contribution in [3.05, 3.63) is 119 Å². The van der Waals surface area contributed by atoms with Crippen LogP contribution in [0.5, 0.6) is 17.2 Å². The first kappa shape index (κ1) is 107. The normalized spacial score (nSPS) is 27.8. The fourth-order valence-corrected chi connectivity index (χ4v) is 15.3. The van der Waals surface area contributed by atoms with Gasteiger partial charge in [-0.15, -0.1) is 0 Å². The molecule has 8 rings (SSSR count). The fourth-order valence-electron chi connectivity index (χ4n) is 12.1. The number of rotatable bonds is 38. The van der Waals surface area contributed by atoms with E-state index < -0.39 is 132 Å². The minimum absolute atomic E-state index is 0. The zero-order chi connectivity index (χ0) is 81.5. The molecule has 0 saturated carbocycles. The molecule has 4 aliphatic rings. The van der Waals surface area contributed by atoms with E-state index in [1.54, 1.807) is 33.5 Å². The van der Waals surface area contributed by atoms with Crippen molar-refractivity contribution in [2.45, 2.75) is 212 Å². The van der Waals surface area contributed by atoms with Crippen LogP contribution in [0.2, 0.25) is 0 Å². The van der Waals surface area contributed by atoms with Crippen LogP contribution in [0.4, 0.5) is 0 Å². The van der Waals surface area contributed by atoms with E-state index in [1.807, 2.05) is 128 Å². The van der Waals surface area contributed by atoms with Crippen molar-refractivity contribution in [3.8, 4) is 17.2 Å². The largest absolute Gasteiger partial charge is 1.00 e. The van der Waals surface area contributed by atoms with Gasteiger partial charge in [0.25, 0.3) is 10.1 Å². The van der Waals surface area contributed by atoms with Crippen molar-refractivity contribution in [1.29, 1.82) is 0 Å². The fraction of sp³-hybridized carbons (Fsp3) is 0.680. The van der Waals surface area contributed by atoms with Crippen LogP contribution in [0, 0.1) is 42.4 Å². The van der Waals surface area contributed by atoms with E-state index in [0.29, 0.717) is 52.3 Å². The topological polar surface area (TPSA) is 445 Å². The number of aryl methyl sites for hydroxylation is 1. The van der Waals surface area contributed by atoms with Crippen LogP contribution in [-0.2, 0) is 117 Å². The van der Waals surface area contributed by atoms with Gasteiger partial charge in [0.1, 0.15) is 60.0 Å². The van der Waals surface area contributed by atoms with E-state index >= 15 is 0 Å². The first-order valence-corrected chi connectivity index (χ1v) is 43.0. The summed E-state index contributed by atoms with van der Waals surface area (Å²) in [7, 11) is -12.5. The second kappa shape index (κ2) is 53.9. The van der Waals surface area contributed by atoms with Gasteiger partial charge in [0, 0.05) is 26.4 Å². The number of aliphatic hydroxyl groups is 5. The van der Waals surface area contributed by atoms with E-state index in [0.717, 1.165) is 58.8 Å². The molecule has 0 spiro atoms. The van der Waals surface area contributed by atoms with E-state index in [9.17, 15) is 62.6 Å². The van der Waals surface area contributed by atoms with Crippen molar-refractivity contribution < 1.29 is 232 Å². The summed E-state index contributed by atoms with van der Waals surface area (Å²) >= 11 is 0. The summed E-state index contributed by atoms with van der Waals surface area (Å²) in [6.45, 7) is 19.7. The first-order valence-electron chi connectivity index (χ1n) is 36.9. The molecule has 4 aromatic rings. The van der Waals surface area contributed by atoms with E-state index in [4.69, 9.17) is 80.7 Å². The van der Waals surface area contributed by atoms with Gasteiger partial charge in [0.05, 0.1) is 132 Å². The molecule has 4 fully saturated rings. The van der Waals surface area contributed by atoms with E-state index in [1.165, 1.54) is 12.1 Å². The molecular formula is C75H115Na3O31S4. The Balaban J connectivity index is 0.000000516. The minimum atomic E-state index is -4.63. The Hall–Kier alpha value is -1.72. The zero-order valence-corrected chi connectivity index (χ0v) is 77.0. The Morgan fingerprint density at radius 1 is 0.381 bits per heavy atom. The molecule has 0 radical (unpaired) electrons. The number of aliphatic hydroxyl groups excluding tert-OH is 5. The maximum absolute atomic E-state index is 12.7. The van der Waals surface area contributed by atoms with E-state index in [2.05, 4.69) is 6.92 Å². The smallest absolute Gasteiger partial charge is 0.748 e. The van der Waals surface area contributed by atoms with Crippen molar-refractivity contribution in [1.82, 2.24) is 0 Å². The molecule has 113 heavy (non-hydrogen) atoms. The summed E-state index contributed by atoms with van der Waals surface area (Å²) in [4.78, 5) is 0.107. The molecular weight excluding hydrogens is 1590 g/mol. The molecule has 5 N–H and O–H groups in total. The predicted molar refractivity (Wildman–Crippen MR) is 397 cm³/mol. The number of hydrogen-bond acceptors (Lipinski definition) is 31. The molecule has 4 saturated heterocycles. The van der Waals surface area contributed by atoms with Crippen LogP contribution >= 0.6 is 0 Å². The second-order valence-corrected chi connectivity index (χ2v) is 33.7. The van der Waals surface area contributed by atoms with Crippen LogP contribution in [0.3, 0.4) is 0 Å². The standard InChI is InChI=1S/C26H36O8S.C20H32O7S.C19H30O8S.C10H20O8S.3Na/c1-18-6-12-23(13-7-18)35(28,29)33-17-24-19(2)20(3)25(26(34-24)31-15-5-14-27)32-16-21-8-10-22(30-4)11-9-21;1-5-6-11-25-20-19(26-12-16-7-9-17(24-4)10-8-16)15(3)14(2)18(27-20)13-28(21,22)23;1-13-14(2)18(26-11-15-5-7-16(24-3)8-6-15)19(25-10-4-9-20)27-17(13)12-28(21,22)23;1-2-3-4-17-10-9(13)8(12)7(11)6(18-10)5-19(14,15)16;;;/h6-13,19-20,24-27H,5,14-17H2,1-4H3;7-10,14-15,18-20H,5-6,11-13H2,1-4H3,(H,21,22,23);5-8,13-14,17-20H,4,9-12H2,1-3H3,(H,21,22,23);6-13H,2-5H2,1H3,(H,14,15,16);;;/q;;;;3*+1/p-3/t19-,20-,24+,25+,26+;14-,15-,18+,19+,20+;13-,14-,17+,18+,19+;6-,7-,8+,9-,10-;;;/m0001.../s1. The average Bonchev–Trinajstić information content (AvgIpc) is 0.813. The number of unbranched alkanes of at least 4 members (excludes halogenated alkanes) is 2. The quantitative estimate of drug-likeness (QED) is 0.0132. The predicted octanol–water partition coefficient (Wildman–Crippen LogP) is -2.68. The van der Waals surface area contributed by atoms with Crippen LogP contribution in [0.15, 0.2) is 102 Å². The number of ether oxygens (including phenoxy) is 14. The molecule has 31 nitrogen and oxygen atoms in total. The summed E-state index contributed by atoms with van der Waals surface area (Å²) in [5.41, 5.74) is 3.87. The van der Waals surface area contributed by atoms with Crippen LogP contribution < -0.4 is 103 Å². The van der Waals surface area contributed by atoms with Crippen molar-refractivity contribution in [3.63, 3.8) is 0 Å². The van der Waals surface area contributed by atoms with Gasteiger partial charge in [0.15, 0.2) is 25.2 Å². The third kappa shape index (κ3) is 37.3. The van der Waals surface area contributed by atoms with Crippen molar-refractivity contribution in [2.24, 2.45) is 35.5 Å². The third-order valence-electron chi connectivity index (χ3n) is 19.5. The van der Waals surface area contributed by atoms with Gasteiger partial charge in [-0.25, -0.2) is 25.3 Å². The van der Waals surface area contributed by atoms with Gasteiger partial charge in [-0.05, 0) is 133 Å². The SMILES string of the molecule is CCCCO[C@@H]1O[C@H](CS(=O)(=O)[O-])[C@@H](C)[C@H](C)[C@H]1OCc1ccc(OC)cc1.CCCCO[C@@H]1O[C@H](CS(=O)(=O)[O-])[C@@H](O)[C@H](O)[C@H]1O.COc1ccc(CO[C@H]2[C@H](OCCCO)O[C@H](COS(=O)(=O)c3ccc(C)cc3)[C@@H](C)[C@@H]2C)cc1.COc1ccc(CO[C@H]2[C@H](OCCCO)O[C@H](CS(=O)(=O)[O-])[C@@H](C)[C@@H]2C)cc1.[Na+].[Na+].[Na+]. The van der Waals surface area contributed by atoms with Gasteiger partial charge < -0.3 is 106 Å². The number of methoxy groups -OCH3 is 3. The van der Waals surface area contributed by atoms with Crippen LogP contribution in [0.25, 0.3) is 0 Å². The Labute approximate surface area is 734 Å². The maximum atomic E-state index is 12.7. The minimum Gasteiger partial charge on any atom is -0.748 e. The molecule has 0 aliphatic carbocycles. The van der Waals surface area contributed by atoms with Gasteiger partial charge in [-0.3, -0.25) is 4.18 Å². The molecule has 4 heterocycles. The summed E-state index contributed by atoms with van der Waals surface area (Å²) in [6, 6.07) is 29.2. The monoisotopic (exact) mass is 1710 g/mol. The van der Waals surface area contributed by atoms with Crippen LogP contribution in [0.1, 0.15) is 116 Å². The second-order valence-electron chi connectivity index (χ2n) is 27.7. The molecule has 38 heteroatoms. The molecule has 0 bridgehead atoms. The average molecular weight is 1710 g/mol. The summed E-state index contributed by atoms with van der Waals surface area (Å²) in [6.07, 6.45) is -8.66. The van der Waals surface area contributed by atoms with Crippen molar-refractivity contribution in [2.75, 3.05) is 84.8 Å². The Bertz CT molecular complexity index is 3590.